The number of furan rings is 1. The Kier molecular flexibility index (Phi) is 2.97. The van der Waals surface area contributed by atoms with Gasteiger partial charge in [0.05, 0.1) is 12.8 Å². The first-order valence-corrected chi connectivity index (χ1v) is 5.02. The van der Waals surface area contributed by atoms with Crippen molar-refractivity contribution in [3.05, 3.63) is 30.2 Å². The Hall–Kier alpha value is -2.48. The van der Waals surface area contributed by atoms with Gasteiger partial charge in [0.15, 0.2) is 11.5 Å². The van der Waals surface area contributed by atoms with E-state index in [4.69, 9.17) is 10.8 Å². The van der Waals surface area contributed by atoms with Crippen LogP contribution in [-0.4, -0.2) is 22.2 Å². The van der Waals surface area contributed by atoms with Gasteiger partial charge in [-0.25, -0.2) is 0 Å². The lowest BCUT2D eigenvalue weighted by atomic mass is 10.3. The highest BCUT2D eigenvalue weighted by atomic mass is 16.3. The summed E-state index contributed by atoms with van der Waals surface area (Å²) in [6.45, 7) is 0.186. The summed E-state index contributed by atoms with van der Waals surface area (Å²) < 4.78 is 6.84. The topological polar surface area (TPSA) is 60.1 Å². The van der Waals surface area contributed by atoms with Crippen LogP contribution in [0.3, 0.4) is 0 Å². The van der Waals surface area contributed by atoms with Gasteiger partial charge in [-0.2, -0.15) is 5.10 Å². The molecule has 86 valence electrons. The average Bonchev–Trinajstić information content (AvgIpc) is 2.94. The molecule has 2 heterocycles. The van der Waals surface area contributed by atoms with Gasteiger partial charge in [-0.3, -0.25) is 9.48 Å². The Morgan fingerprint density at radius 3 is 3.18 bits per heavy atom. The minimum absolute atomic E-state index is 0.186. The van der Waals surface area contributed by atoms with E-state index in [1.54, 1.807) is 36.2 Å². The van der Waals surface area contributed by atoms with Crippen molar-refractivity contribution < 1.29 is 9.21 Å². The van der Waals surface area contributed by atoms with E-state index in [2.05, 4.69) is 16.3 Å². The van der Waals surface area contributed by atoms with Gasteiger partial charge in [0.1, 0.15) is 5.69 Å². The highest BCUT2D eigenvalue weighted by Gasteiger charge is 2.14. The van der Waals surface area contributed by atoms with Gasteiger partial charge >= 0.3 is 0 Å². The zero-order valence-electron chi connectivity index (χ0n) is 9.30. The summed E-state index contributed by atoms with van der Waals surface area (Å²) in [6, 6.07) is 5.24. The van der Waals surface area contributed by atoms with Gasteiger partial charge in [0.25, 0.3) is 5.91 Å². The number of rotatable bonds is 3. The lowest BCUT2D eigenvalue weighted by Gasteiger charge is -1.95. The number of aryl methyl sites for hydroxylation is 1. The van der Waals surface area contributed by atoms with E-state index in [1.165, 1.54) is 0 Å². The molecule has 5 heteroatoms. The summed E-state index contributed by atoms with van der Waals surface area (Å²) in [7, 11) is 1.75. The predicted molar refractivity (Wildman–Crippen MR) is 62.1 cm³/mol. The van der Waals surface area contributed by atoms with Crippen LogP contribution in [0, 0.1) is 12.3 Å². The van der Waals surface area contributed by atoms with E-state index in [1.807, 2.05) is 0 Å². The van der Waals surface area contributed by atoms with Gasteiger partial charge in [-0.1, -0.05) is 5.92 Å². The second-order valence-corrected chi connectivity index (χ2v) is 3.40. The molecule has 0 atom stereocenters. The molecular formula is C12H11N3O2. The van der Waals surface area contributed by atoms with E-state index in [9.17, 15) is 4.79 Å². The first kappa shape index (κ1) is 11.0. The maximum Gasteiger partial charge on any atom is 0.272 e. The molecule has 2 aromatic heterocycles. The minimum Gasteiger partial charge on any atom is -0.463 e. The standard InChI is InChI=1S/C12H11N3O2/c1-3-6-13-12(16)9-8-10(15(2)14-9)11-5-4-7-17-11/h1,4-5,7-8H,6H2,2H3,(H,13,16). The first-order valence-electron chi connectivity index (χ1n) is 5.02. The number of terminal acetylenes is 1. The SMILES string of the molecule is C#CCNC(=O)c1cc(-c2ccco2)n(C)n1. The summed E-state index contributed by atoms with van der Waals surface area (Å²) in [5.74, 6) is 2.70. The van der Waals surface area contributed by atoms with Crippen LogP contribution < -0.4 is 5.32 Å². The highest BCUT2D eigenvalue weighted by Crippen LogP contribution is 2.19. The maximum absolute atomic E-state index is 11.6. The molecule has 0 aliphatic rings. The first-order chi connectivity index (χ1) is 8.22. The molecule has 0 bridgehead atoms. The molecule has 17 heavy (non-hydrogen) atoms. The van der Waals surface area contributed by atoms with Crippen molar-refractivity contribution in [2.24, 2.45) is 7.05 Å². The predicted octanol–water partition coefficient (Wildman–Crippen LogP) is 1.04. The Balaban J connectivity index is 2.25. The van der Waals surface area contributed by atoms with Gasteiger partial charge in [0, 0.05) is 13.1 Å². The summed E-state index contributed by atoms with van der Waals surface area (Å²) >= 11 is 0. The van der Waals surface area contributed by atoms with Crippen LogP contribution in [0.1, 0.15) is 10.5 Å². The zero-order chi connectivity index (χ0) is 12.3. The number of hydrogen-bond donors (Lipinski definition) is 1. The number of amides is 1. The number of aromatic nitrogens is 2. The summed E-state index contributed by atoms with van der Waals surface area (Å²) in [5, 5.41) is 6.65. The van der Waals surface area contributed by atoms with Crippen LogP contribution in [-0.2, 0) is 7.05 Å². The molecule has 0 aliphatic heterocycles. The van der Waals surface area contributed by atoms with Crippen LogP contribution in [0.2, 0.25) is 0 Å². The van der Waals surface area contributed by atoms with Crippen LogP contribution in [0.25, 0.3) is 11.5 Å². The van der Waals surface area contributed by atoms with E-state index in [-0.39, 0.29) is 12.5 Å². The van der Waals surface area contributed by atoms with E-state index >= 15 is 0 Å². The monoisotopic (exact) mass is 229 g/mol. The molecular weight excluding hydrogens is 218 g/mol. The second-order valence-electron chi connectivity index (χ2n) is 3.40. The Morgan fingerprint density at radius 1 is 1.71 bits per heavy atom. The van der Waals surface area contributed by atoms with Crippen molar-refractivity contribution in [2.45, 2.75) is 0 Å². The summed E-state index contributed by atoms with van der Waals surface area (Å²) in [6.07, 6.45) is 6.63. The highest BCUT2D eigenvalue weighted by molar-refractivity contribution is 5.93. The van der Waals surface area contributed by atoms with Crippen molar-refractivity contribution in [1.82, 2.24) is 15.1 Å². The third kappa shape index (κ3) is 2.21. The number of nitrogens with zero attached hydrogens (tertiary/aromatic N) is 2. The quantitative estimate of drug-likeness (QED) is 0.800. The molecule has 1 N–H and O–H groups in total. The fourth-order valence-corrected chi connectivity index (χ4v) is 1.45. The smallest absolute Gasteiger partial charge is 0.272 e. The van der Waals surface area contributed by atoms with Crippen molar-refractivity contribution in [2.75, 3.05) is 6.54 Å². The maximum atomic E-state index is 11.6. The van der Waals surface area contributed by atoms with Crippen LogP contribution in [0.4, 0.5) is 0 Å². The molecule has 0 aromatic carbocycles. The molecule has 2 rings (SSSR count). The number of nitrogens with one attached hydrogen (secondary N) is 1. The van der Waals surface area contributed by atoms with Crippen LogP contribution in [0.5, 0.6) is 0 Å². The number of carbonyl (C=O) groups excluding carboxylic acids is 1. The van der Waals surface area contributed by atoms with Crippen molar-refractivity contribution in [3.8, 4) is 23.8 Å². The zero-order valence-corrected chi connectivity index (χ0v) is 9.30. The third-order valence-electron chi connectivity index (χ3n) is 2.24. The fraction of sp³-hybridized carbons (Fsp3) is 0.167. The Labute approximate surface area is 98.4 Å². The van der Waals surface area contributed by atoms with Gasteiger partial charge in [-0.15, -0.1) is 6.42 Å². The average molecular weight is 229 g/mol. The Bertz CT molecular complexity index is 561. The molecule has 0 saturated carbocycles. The van der Waals surface area contributed by atoms with Gasteiger partial charge < -0.3 is 9.73 Å². The molecule has 0 radical (unpaired) electrons. The molecule has 0 aliphatic carbocycles. The molecule has 1 amide bonds. The lowest BCUT2D eigenvalue weighted by Crippen LogP contribution is -2.24. The van der Waals surface area contributed by atoms with E-state index in [0.717, 1.165) is 5.69 Å². The molecule has 2 aromatic rings. The second kappa shape index (κ2) is 4.58. The number of hydrogen-bond acceptors (Lipinski definition) is 3. The van der Waals surface area contributed by atoms with Crippen LogP contribution >= 0.6 is 0 Å². The fourth-order valence-electron chi connectivity index (χ4n) is 1.45. The van der Waals surface area contributed by atoms with Crippen molar-refractivity contribution >= 4 is 5.91 Å². The number of carbonyl (C=O) groups is 1. The van der Waals surface area contributed by atoms with E-state index < -0.39 is 0 Å². The molecule has 0 saturated heterocycles. The largest absolute Gasteiger partial charge is 0.463 e. The molecule has 0 spiro atoms. The molecule has 0 unspecified atom stereocenters. The summed E-state index contributed by atoms with van der Waals surface area (Å²) in [4.78, 5) is 11.6. The van der Waals surface area contributed by atoms with Crippen molar-refractivity contribution in [3.63, 3.8) is 0 Å². The molecule has 5 nitrogen and oxygen atoms in total. The normalized spacial score (nSPS) is 9.88. The Morgan fingerprint density at radius 2 is 2.53 bits per heavy atom. The third-order valence-corrected chi connectivity index (χ3v) is 2.24. The van der Waals surface area contributed by atoms with Gasteiger partial charge in [-0.05, 0) is 12.1 Å². The lowest BCUT2D eigenvalue weighted by molar-refractivity contribution is 0.0953. The minimum atomic E-state index is -0.295. The summed E-state index contributed by atoms with van der Waals surface area (Å²) in [5.41, 5.74) is 1.05. The van der Waals surface area contributed by atoms with Gasteiger partial charge in [0.2, 0.25) is 0 Å². The van der Waals surface area contributed by atoms with E-state index in [0.29, 0.717) is 11.5 Å². The van der Waals surface area contributed by atoms with Crippen LogP contribution in [0.15, 0.2) is 28.9 Å². The molecule has 0 fully saturated rings. The van der Waals surface area contributed by atoms with Crippen molar-refractivity contribution in [1.29, 1.82) is 0 Å².